The molecule has 8 nitrogen and oxygen atoms in total. The van der Waals surface area contributed by atoms with Crippen LogP contribution >= 0.6 is 15.9 Å². The zero-order chi connectivity index (χ0) is 21.7. The Morgan fingerprint density at radius 2 is 2.10 bits per heavy atom. The van der Waals surface area contributed by atoms with Crippen LogP contribution < -0.4 is 10.0 Å². The number of nitrogens with zero attached hydrogens (tertiary/aromatic N) is 4. The van der Waals surface area contributed by atoms with E-state index in [1.54, 1.807) is 12.4 Å². The number of aryl methyl sites for hydroxylation is 1. The molecule has 1 atom stereocenters. The minimum absolute atomic E-state index is 0.0505. The highest BCUT2D eigenvalue weighted by Gasteiger charge is 2.21. The third kappa shape index (κ3) is 5.44. The van der Waals surface area contributed by atoms with E-state index < -0.39 is 10.0 Å². The second-order valence-corrected chi connectivity index (χ2v) is 9.43. The quantitative estimate of drug-likeness (QED) is 0.502. The van der Waals surface area contributed by atoms with Gasteiger partial charge >= 0.3 is 0 Å². The zero-order valence-corrected chi connectivity index (χ0v) is 18.9. The van der Waals surface area contributed by atoms with Crippen LogP contribution in [-0.4, -0.2) is 29.7 Å². The molecule has 10 heteroatoms. The Labute approximate surface area is 184 Å². The van der Waals surface area contributed by atoms with E-state index >= 15 is 0 Å². The van der Waals surface area contributed by atoms with Gasteiger partial charge in [0, 0.05) is 29.5 Å². The number of hydrogen-bond acceptors (Lipinski definition) is 6. The molecular weight excluding hydrogens is 468 g/mol. The summed E-state index contributed by atoms with van der Waals surface area (Å²) in [6.45, 7) is 4.37. The van der Waals surface area contributed by atoms with Crippen LogP contribution in [0.1, 0.15) is 29.7 Å². The fourth-order valence-corrected chi connectivity index (χ4v) is 4.52. The fourth-order valence-electron chi connectivity index (χ4n) is 2.88. The van der Waals surface area contributed by atoms with Crippen molar-refractivity contribution in [3.8, 4) is 6.07 Å². The van der Waals surface area contributed by atoms with Crippen molar-refractivity contribution in [2.24, 2.45) is 0 Å². The first kappa shape index (κ1) is 22.0. The van der Waals surface area contributed by atoms with E-state index in [0.717, 1.165) is 11.1 Å². The molecule has 30 heavy (non-hydrogen) atoms. The number of sulfonamides is 1. The summed E-state index contributed by atoms with van der Waals surface area (Å²) in [5.41, 5.74) is 2.58. The Bertz CT molecular complexity index is 1190. The SMILES string of the molecule is Cc1cccc(C(C)Nc2ncc(Br)cc2S(=O)(=O)NCCn2cc(C#N)cn2)c1. The molecule has 2 N–H and O–H groups in total. The second-order valence-electron chi connectivity index (χ2n) is 6.78. The van der Waals surface area contributed by atoms with Crippen molar-refractivity contribution in [2.75, 3.05) is 11.9 Å². The van der Waals surface area contributed by atoms with E-state index in [4.69, 9.17) is 5.26 Å². The Kier molecular flexibility index (Phi) is 6.87. The Balaban J connectivity index is 1.76. The molecule has 0 spiro atoms. The minimum Gasteiger partial charge on any atom is -0.362 e. The topological polar surface area (TPSA) is 113 Å². The van der Waals surface area contributed by atoms with Crippen LogP contribution in [0, 0.1) is 18.3 Å². The van der Waals surface area contributed by atoms with Crippen LogP contribution in [0.2, 0.25) is 0 Å². The average molecular weight is 489 g/mol. The molecule has 0 radical (unpaired) electrons. The number of aromatic nitrogens is 3. The molecule has 0 aliphatic rings. The maximum absolute atomic E-state index is 12.9. The van der Waals surface area contributed by atoms with Gasteiger partial charge < -0.3 is 5.32 Å². The fraction of sp³-hybridized carbons (Fsp3) is 0.250. The Hall–Kier alpha value is -2.74. The van der Waals surface area contributed by atoms with Crippen LogP contribution in [0.4, 0.5) is 5.82 Å². The lowest BCUT2D eigenvalue weighted by atomic mass is 10.1. The Morgan fingerprint density at radius 3 is 2.80 bits per heavy atom. The molecule has 0 amide bonds. The smallest absolute Gasteiger partial charge is 0.244 e. The van der Waals surface area contributed by atoms with E-state index in [-0.39, 0.29) is 23.3 Å². The zero-order valence-electron chi connectivity index (χ0n) is 16.5. The molecular formula is C20H21BrN6O2S. The molecule has 3 aromatic rings. The van der Waals surface area contributed by atoms with Gasteiger partial charge in [0.25, 0.3) is 0 Å². The molecule has 1 unspecified atom stereocenters. The number of nitrogens with one attached hydrogen (secondary N) is 2. The van der Waals surface area contributed by atoms with Crippen molar-refractivity contribution in [3.63, 3.8) is 0 Å². The van der Waals surface area contributed by atoms with E-state index in [0.29, 0.717) is 16.6 Å². The van der Waals surface area contributed by atoms with Crippen LogP contribution in [0.5, 0.6) is 0 Å². The lowest BCUT2D eigenvalue weighted by Gasteiger charge is -2.18. The highest BCUT2D eigenvalue weighted by Crippen LogP contribution is 2.26. The van der Waals surface area contributed by atoms with Gasteiger partial charge in [0.1, 0.15) is 16.8 Å². The monoisotopic (exact) mass is 488 g/mol. The van der Waals surface area contributed by atoms with Gasteiger partial charge in [-0.05, 0) is 41.4 Å². The van der Waals surface area contributed by atoms with Crippen molar-refractivity contribution >= 4 is 31.8 Å². The molecule has 0 fully saturated rings. The molecule has 0 saturated carbocycles. The maximum atomic E-state index is 12.9. The lowest BCUT2D eigenvalue weighted by Crippen LogP contribution is -2.28. The van der Waals surface area contributed by atoms with E-state index in [2.05, 4.69) is 36.1 Å². The van der Waals surface area contributed by atoms with E-state index in [1.165, 1.54) is 16.9 Å². The van der Waals surface area contributed by atoms with Crippen molar-refractivity contribution in [1.82, 2.24) is 19.5 Å². The molecule has 0 saturated heterocycles. The van der Waals surface area contributed by atoms with Crippen molar-refractivity contribution in [3.05, 3.63) is 70.1 Å². The van der Waals surface area contributed by atoms with Gasteiger partial charge in [0.2, 0.25) is 10.0 Å². The summed E-state index contributed by atoms with van der Waals surface area (Å²) < 4.78 is 30.5. The summed E-state index contributed by atoms with van der Waals surface area (Å²) in [5, 5.41) is 16.1. The molecule has 3 rings (SSSR count). The van der Waals surface area contributed by atoms with Gasteiger partial charge in [-0.3, -0.25) is 4.68 Å². The summed E-state index contributed by atoms with van der Waals surface area (Å²) in [6, 6.07) is 11.4. The molecule has 0 aliphatic heterocycles. The number of nitriles is 1. The van der Waals surface area contributed by atoms with Crippen LogP contribution in [-0.2, 0) is 16.6 Å². The Morgan fingerprint density at radius 1 is 1.30 bits per heavy atom. The minimum atomic E-state index is -3.83. The van der Waals surface area contributed by atoms with Gasteiger partial charge in [-0.1, -0.05) is 29.8 Å². The van der Waals surface area contributed by atoms with Gasteiger partial charge in [-0.25, -0.2) is 18.1 Å². The summed E-state index contributed by atoms with van der Waals surface area (Å²) in [6.07, 6.45) is 4.55. The number of rotatable bonds is 8. The average Bonchev–Trinajstić information content (AvgIpc) is 3.17. The number of halogens is 1. The number of benzene rings is 1. The van der Waals surface area contributed by atoms with Crippen LogP contribution in [0.25, 0.3) is 0 Å². The second kappa shape index (κ2) is 9.38. The number of pyridine rings is 1. The molecule has 0 aliphatic carbocycles. The highest BCUT2D eigenvalue weighted by atomic mass is 79.9. The van der Waals surface area contributed by atoms with Crippen molar-refractivity contribution in [2.45, 2.75) is 31.3 Å². The van der Waals surface area contributed by atoms with Gasteiger partial charge in [0.15, 0.2) is 0 Å². The van der Waals surface area contributed by atoms with Crippen molar-refractivity contribution < 1.29 is 8.42 Å². The number of anilines is 1. The standard InChI is InChI=1S/C20H21BrN6O2S/c1-14-4-3-5-17(8-14)15(2)26-20-19(9-18(21)12-23-20)30(28,29)25-6-7-27-13-16(10-22)11-24-27/h3-5,8-9,11-13,15,25H,6-7H2,1-2H3,(H,23,26). The third-order valence-electron chi connectivity index (χ3n) is 4.40. The molecule has 2 aromatic heterocycles. The van der Waals surface area contributed by atoms with Gasteiger partial charge in [0.05, 0.1) is 18.3 Å². The van der Waals surface area contributed by atoms with E-state index in [1.807, 2.05) is 44.2 Å². The largest absolute Gasteiger partial charge is 0.362 e. The first-order chi connectivity index (χ1) is 14.3. The maximum Gasteiger partial charge on any atom is 0.244 e. The lowest BCUT2D eigenvalue weighted by molar-refractivity contribution is 0.560. The third-order valence-corrected chi connectivity index (χ3v) is 6.31. The van der Waals surface area contributed by atoms with Crippen LogP contribution in [0.3, 0.4) is 0 Å². The summed E-state index contributed by atoms with van der Waals surface area (Å²) >= 11 is 3.30. The molecule has 0 bridgehead atoms. The highest BCUT2D eigenvalue weighted by molar-refractivity contribution is 9.10. The van der Waals surface area contributed by atoms with E-state index in [9.17, 15) is 8.42 Å². The first-order valence-corrected chi connectivity index (χ1v) is 11.5. The van der Waals surface area contributed by atoms with Crippen LogP contribution in [0.15, 0.2) is 58.3 Å². The van der Waals surface area contributed by atoms with Gasteiger partial charge in [-0.15, -0.1) is 0 Å². The molecule has 156 valence electrons. The molecule has 2 heterocycles. The van der Waals surface area contributed by atoms with Gasteiger partial charge in [-0.2, -0.15) is 10.4 Å². The first-order valence-electron chi connectivity index (χ1n) is 9.19. The molecule has 1 aromatic carbocycles. The summed E-state index contributed by atoms with van der Waals surface area (Å²) in [5.74, 6) is 0.269. The predicted octanol–water partition coefficient (Wildman–Crippen LogP) is 3.37. The van der Waals surface area contributed by atoms with Crippen molar-refractivity contribution in [1.29, 1.82) is 5.26 Å². The predicted molar refractivity (Wildman–Crippen MR) is 117 cm³/mol. The summed E-state index contributed by atoms with van der Waals surface area (Å²) in [4.78, 5) is 4.33. The normalized spacial score (nSPS) is 12.3. The summed E-state index contributed by atoms with van der Waals surface area (Å²) in [7, 11) is -3.83. The number of hydrogen-bond donors (Lipinski definition) is 2.